The SMILES string of the molecule is CCCc1cc(CCC)c2c(c1)Cc1cc(CCC)cc(CCC)c1OP(=O)(O)O2. The van der Waals surface area contributed by atoms with Gasteiger partial charge in [0.25, 0.3) is 0 Å². The second kappa shape index (κ2) is 10.0. The van der Waals surface area contributed by atoms with Crippen LogP contribution >= 0.6 is 7.82 Å². The van der Waals surface area contributed by atoms with E-state index < -0.39 is 7.82 Å². The summed E-state index contributed by atoms with van der Waals surface area (Å²) >= 11 is 0. The summed E-state index contributed by atoms with van der Waals surface area (Å²) in [5, 5.41) is 0. The highest BCUT2D eigenvalue weighted by atomic mass is 31.2. The van der Waals surface area contributed by atoms with Gasteiger partial charge >= 0.3 is 7.82 Å². The largest absolute Gasteiger partial charge is 0.584 e. The molecule has 0 spiro atoms. The molecule has 0 radical (unpaired) electrons. The fourth-order valence-electron chi connectivity index (χ4n) is 4.38. The Morgan fingerprint density at radius 3 is 1.50 bits per heavy atom. The van der Waals surface area contributed by atoms with E-state index in [1.54, 1.807) is 0 Å². The van der Waals surface area contributed by atoms with Crippen LogP contribution in [0.5, 0.6) is 11.5 Å². The fraction of sp³-hybridized carbons (Fsp3) is 0.520. The highest BCUT2D eigenvalue weighted by molar-refractivity contribution is 7.48. The van der Waals surface area contributed by atoms with Crippen LogP contribution in [0.15, 0.2) is 24.3 Å². The van der Waals surface area contributed by atoms with Gasteiger partial charge in [0.15, 0.2) is 0 Å². The van der Waals surface area contributed by atoms with E-state index in [0.717, 1.165) is 73.6 Å². The molecule has 1 heterocycles. The van der Waals surface area contributed by atoms with Crippen LogP contribution in [0.3, 0.4) is 0 Å². The van der Waals surface area contributed by atoms with Crippen LogP contribution in [0, 0.1) is 0 Å². The maximum atomic E-state index is 13.0. The summed E-state index contributed by atoms with van der Waals surface area (Å²) in [6, 6.07) is 8.56. The summed E-state index contributed by atoms with van der Waals surface area (Å²) in [6.07, 6.45) is 8.25. The summed E-state index contributed by atoms with van der Waals surface area (Å²) in [7, 11) is -4.28. The molecule has 0 saturated carbocycles. The van der Waals surface area contributed by atoms with E-state index in [2.05, 4.69) is 52.0 Å². The van der Waals surface area contributed by atoms with Gasteiger partial charge in [0, 0.05) is 6.42 Å². The van der Waals surface area contributed by atoms with E-state index in [4.69, 9.17) is 9.05 Å². The van der Waals surface area contributed by atoms with E-state index in [9.17, 15) is 9.46 Å². The first kappa shape index (κ1) is 22.9. The molecule has 0 unspecified atom stereocenters. The summed E-state index contributed by atoms with van der Waals surface area (Å²) in [5.74, 6) is 1.07. The molecule has 1 aliphatic rings. The van der Waals surface area contributed by atoms with Crippen LogP contribution in [0.2, 0.25) is 0 Å². The van der Waals surface area contributed by atoms with Crippen LogP contribution in [0.25, 0.3) is 0 Å². The van der Waals surface area contributed by atoms with Crippen molar-refractivity contribution in [2.24, 2.45) is 0 Å². The molecule has 2 aromatic carbocycles. The van der Waals surface area contributed by atoms with E-state index in [1.165, 1.54) is 11.1 Å². The molecular weight excluding hydrogens is 395 g/mol. The van der Waals surface area contributed by atoms with Crippen molar-refractivity contribution in [2.45, 2.75) is 85.5 Å². The van der Waals surface area contributed by atoms with Gasteiger partial charge in [-0.05, 0) is 59.1 Å². The Bertz CT molecular complexity index is 864. The van der Waals surface area contributed by atoms with Crippen molar-refractivity contribution in [1.82, 2.24) is 0 Å². The standard InChI is InChI=1S/C25H35O4P/c1-5-9-18-13-20(11-7-3)24-22(15-18)17-23-16-19(10-6-2)14-21(12-8-4)25(23)29-30(26,27)28-24/h13-16H,5-12,17H2,1-4H3,(H,26,27). The second-order valence-corrected chi connectivity index (χ2v) is 9.62. The van der Waals surface area contributed by atoms with Crippen LogP contribution in [0.1, 0.15) is 86.8 Å². The highest BCUT2D eigenvalue weighted by Gasteiger charge is 2.33. The van der Waals surface area contributed by atoms with Gasteiger partial charge in [-0.1, -0.05) is 77.6 Å². The molecule has 1 aliphatic heterocycles. The van der Waals surface area contributed by atoms with Crippen molar-refractivity contribution in [2.75, 3.05) is 0 Å². The smallest absolute Gasteiger partial charge is 0.395 e. The molecule has 2 aromatic rings. The Morgan fingerprint density at radius 2 is 1.13 bits per heavy atom. The number of rotatable bonds is 8. The molecular formula is C25H35O4P. The minimum absolute atomic E-state index is 0.533. The third-order valence-electron chi connectivity index (χ3n) is 5.52. The first-order valence-corrected chi connectivity index (χ1v) is 12.9. The topological polar surface area (TPSA) is 55.8 Å². The van der Waals surface area contributed by atoms with Crippen LogP contribution in [-0.4, -0.2) is 4.89 Å². The number of phosphoric ester groups is 1. The summed E-state index contributed by atoms with van der Waals surface area (Å²) in [5.41, 5.74) is 6.49. The first-order valence-electron chi connectivity index (χ1n) is 11.4. The van der Waals surface area contributed by atoms with Crippen molar-refractivity contribution in [1.29, 1.82) is 0 Å². The zero-order chi connectivity index (χ0) is 21.7. The second-order valence-electron chi connectivity index (χ2n) is 8.31. The quantitative estimate of drug-likeness (QED) is 0.460. The van der Waals surface area contributed by atoms with Crippen LogP contribution in [0.4, 0.5) is 0 Å². The van der Waals surface area contributed by atoms with Crippen molar-refractivity contribution >= 4 is 7.82 Å². The lowest BCUT2D eigenvalue weighted by Crippen LogP contribution is -2.12. The van der Waals surface area contributed by atoms with Gasteiger partial charge in [0.1, 0.15) is 11.5 Å². The molecule has 164 valence electrons. The van der Waals surface area contributed by atoms with Crippen LogP contribution < -0.4 is 9.05 Å². The number of aryl methyl sites for hydroxylation is 4. The normalized spacial score (nSPS) is 14.7. The number of fused-ring (bicyclic) bond motifs is 2. The third-order valence-corrected chi connectivity index (χ3v) is 6.34. The Balaban J connectivity index is 2.21. The monoisotopic (exact) mass is 430 g/mol. The lowest BCUT2D eigenvalue weighted by molar-refractivity contribution is 0.284. The maximum Gasteiger partial charge on any atom is 0.584 e. The molecule has 0 fully saturated rings. The summed E-state index contributed by atoms with van der Waals surface area (Å²) in [6.45, 7) is 8.57. The Labute approximate surface area is 181 Å². The summed E-state index contributed by atoms with van der Waals surface area (Å²) in [4.78, 5) is 10.6. The predicted molar refractivity (Wildman–Crippen MR) is 123 cm³/mol. The average molecular weight is 431 g/mol. The highest BCUT2D eigenvalue weighted by Crippen LogP contribution is 2.51. The van der Waals surface area contributed by atoms with Gasteiger partial charge in [-0.3, -0.25) is 4.89 Å². The summed E-state index contributed by atoms with van der Waals surface area (Å²) < 4.78 is 24.4. The zero-order valence-electron chi connectivity index (χ0n) is 18.8. The molecule has 30 heavy (non-hydrogen) atoms. The average Bonchev–Trinajstić information content (AvgIpc) is 2.67. The molecule has 0 amide bonds. The van der Waals surface area contributed by atoms with Gasteiger partial charge in [-0.15, -0.1) is 0 Å². The minimum atomic E-state index is -4.28. The Hall–Kier alpha value is -1.77. The third kappa shape index (κ3) is 5.28. The van der Waals surface area contributed by atoms with Crippen molar-refractivity contribution in [3.8, 4) is 11.5 Å². The number of hydrogen-bond donors (Lipinski definition) is 1. The van der Waals surface area contributed by atoms with E-state index in [-0.39, 0.29) is 0 Å². The fourth-order valence-corrected chi connectivity index (χ4v) is 5.35. The molecule has 0 atom stereocenters. The Morgan fingerprint density at radius 1 is 0.733 bits per heavy atom. The molecule has 1 N–H and O–H groups in total. The van der Waals surface area contributed by atoms with Crippen LogP contribution in [-0.2, 0) is 36.7 Å². The lowest BCUT2D eigenvalue weighted by Gasteiger charge is -2.26. The van der Waals surface area contributed by atoms with E-state index >= 15 is 0 Å². The molecule has 5 heteroatoms. The van der Waals surface area contributed by atoms with Gasteiger partial charge in [-0.2, -0.15) is 0 Å². The van der Waals surface area contributed by atoms with Crippen molar-refractivity contribution in [3.05, 3.63) is 57.6 Å². The van der Waals surface area contributed by atoms with Gasteiger partial charge < -0.3 is 9.05 Å². The molecule has 3 rings (SSSR count). The minimum Gasteiger partial charge on any atom is -0.395 e. The zero-order valence-corrected chi connectivity index (χ0v) is 19.7. The Kier molecular flexibility index (Phi) is 7.65. The molecule has 4 nitrogen and oxygen atoms in total. The lowest BCUT2D eigenvalue weighted by atomic mass is 9.91. The van der Waals surface area contributed by atoms with Gasteiger partial charge in [-0.25, -0.2) is 4.57 Å². The van der Waals surface area contributed by atoms with Crippen molar-refractivity contribution in [3.63, 3.8) is 0 Å². The van der Waals surface area contributed by atoms with E-state index in [1.807, 2.05) is 0 Å². The molecule has 0 saturated heterocycles. The molecule has 0 bridgehead atoms. The van der Waals surface area contributed by atoms with Gasteiger partial charge in [0.05, 0.1) is 0 Å². The molecule has 0 aromatic heterocycles. The number of benzene rings is 2. The predicted octanol–water partition coefficient (Wildman–Crippen LogP) is 6.96. The van der Waals surface area contributed by atoms with Gasteiger partial charge in [0.2, 0.25) is 0 Å². The maximum absolute atomic E-state index is 13.0. The molecule has 0 aliphatic carbocycles. The number of phosphoric acid groups is 1. The van der Waals surface area contributed by atoms with Crippen molar-refractivity contribution < 1.29 is 18.5 Å². The van der Waals surface area contributed by atoms with E-state index in [0.29, 0.717) is 17.9 Å². The number of hydrogen-bond acceptors (Lipinski definition) is 3. The first-order chi connectivity index (χ1) is 14.4.